The summed E-state index contributed by atoms with van der Waals surface area (Å²) < 4.78 is 7.99. The molecular formula is C26H34N4O2. The van der Waals surface area contributed by atoms with E-state index >= 15 is 0 Å². The summed E-state index contributed by atoms with van der Waals surface area (Å²) >= 11 is 0. The molecule has 1 saturated heterocycles. The fourth-order valence-electron chi connectivity index (χ4n) is 4.39. The predicted octanol–water partition coefficient (Wildman–Crippen LogP) is 5.18. The number of carbonyl (C=O) groups excluding carboxylic acids is 1. The van der Waals surface area contributed by atoms with Crippen LogP contribution < -0.4 is 10.1 Å². The lowest BCUT2D eigenvalue weighted by Crippen LogP contribution is -2.33. The molecule has 0 bridgehead atoms. The highest BCUT2D eigenvalue weighted by Gasteiger charge is 2.20. The molecule has 32 heavy (non-hydrogen) atoms. The summed E-state index contributed by atoms with van der Waals surface area (Å²) in [5.74, 6) is 2.45. The molecule has 1 fully saturated rings. The SMILES string of the molecule is Cc1ccccc1OCC(=O)Nc1ccc2c(c1)nc(CN1CCC(C)CC1)n2C(C)C. The van der Waals surface area contributed by atoms with Gasteiger partial charge >= 0.3 is 0 Å². The average Bonchev–Trinajstić information content (AvgIpc) is 3.12. The molecule has 1 N–H and O–H groups in total. The normalized spacial score (nSPS) is 15.4. The van der Waals surface area contributed by atoms with E-state index in [0.29, 0.717) is 6.04 Å². The fraction of sp³-hybridized carbons (Fsp3) is 0.462. The quantitative estimate of drug-likeness (QED) is 0.557. The van der Waals surface area contributed by atoms with Crippen LogP contribution in [-0.2, 0) is 11.3 Å². The minimum Gasteiger partial charge on any atom is -0.483 e. The van der Waals surface area contributed by atoms with Crippen molar-refractivity contribution in [1.29, 1.82) is 0 Å². The number of hydrogen-bond acceptors (Lipinski definition) is 4. The van der Waals surface area contributed by atoms with E-state index < -0.39 is 0 Å². The highest BCUT2D eigenvalue weighted by Crippen LogP contribution is 2.26. The number of nitrogens with zero attached hydrogens (tertiary/aromatic N) is 3. The summed E-state index contributed by atoms with van der Waals surface area (Å²) in [5, 5.41) is 2.94. The summed E-state index contributed by atoms with van der Waals surface area (Å²) in [6.07, 6.45) is 2.51. The molecule has 2 heterocycles. The third-order valence-corrected chi connectivity index (χ3v) is 6.26. The van der Waals surface area contributed by atoms with Crippen LogP contribution in [0.3, 0.4) is 0 Å². The third-order valence-electron chi connectivity index (χ3n) is 6.26. The summed E-state index contributed by atoms with van der Waals surface area (Å²) in [7, 11) is 0. The Morgan fingerprint density at radius 3 is 2.66 bits per heavy atom. The molecule has 1 amide bonds. The van der Waals surface area contributed by atoms with Crippen molar-refractivity contribution >= 4 is 22.6 Å². The second-order valence-electron chi connectivity index (χ2n) is 9.26. The maximum Gasteiger partial charge on any atom is 0.262 e. The Kier molecular flexibility index (Phi) is 6.80. The largest absolute Gasteiger partial charge is 0.483 e. The van der Waals surface area contributed by atoms with Crippen molar-refractivity contribution in [1.82, 2.24) is 14.5 Å². The number of ether oxygens (including phenoxy) is 1. The van der Waals surface area contributed by atoms with Gasteiger partial charge in [0.15, 0.2) is 6.61 Å². The first-order valence-corrected chi connectivity index (χ1v) is 11.6. The minimum atomic E-state index is -0.182. The van der Waals surface area contributed by atoms with E-state index in [1.807, 2.05) is 43.3 Å². The van der Waals surface area contributed by atoms with Gasteiger partial charge in [0.05, 0.1) is 17.6 Å². The molecule has 0 atom stereocenters. The number of amides is 1. The van der Waals surface area contributed by atoms with Crippen molar-refractivity contribution in [3.63, 3.8) is 0 Å². The van der Waals surface area contributed by atoms with Crippen molar-refractivity contribution in [2.75, 3.05) is 25.0 Å². The Bertz CT molecular complexity index is 1080. The monoisotopic (exact) mass is 434 g/mol. The molecular weight excluding hydrogens is 400 g/mol. The Labute approximate surface area is 190 Å². The van der Waals surface area contributed by atoms with E-state index in [2.05, 4.69) is 41.6 Å². The molecule has 0 saturated carbocycles. The van der Waals surface area contributed by atoms with Gasteiger partial charge in [-0.2, -0.15) is 0 Å². The molecule has 0 aliphatic carbocycles. The smallest absolute Gasteiger partial charge is 0.262 e. The van der Waals surface area contributed by atoms with E-state index in [4.69, 9.17) is 9.72 Å². The predicted molar refractivity (Wildman–Crippen MR) is 129 cm³/mol. The van der Waals surface area contributed by atoms with Gasteiger partial charge in [-0.15, -0.1) is 0 Å². The maximum atomic E-state index is 12.4. The van der Waals surface area contributed by atoms with Crippen molar-refractivity contribution in [3.05, 3.63) is 53.9 Å². The van der Waals surface area contributed by atoms with Gasteiger partial charge in [-0.05, 0) is 82.4 Å². The topological polar surface area (TPSA) is 59.4 Å². The summed E-state index contributed by atoms with van der Waals surface area (Å²) in [5.41, 5.74) is 3.77. The number of rotatable bonds is 7. The van der Waals surface area contributed by atoms with Crippen LogP contribution in [0.2, 0.25) is 0 Å². The van der Waals surface area contributed by atoms with Crippen molar-refractivity contribution in [3.8, 4) is 5.75 Å². The summed E-state index contributed by atoms with van der Waals surface area (Å²) in [4.78, 5) is 19.9. The number of likely N-dealkylation sites (tertiary alicyclic amines) is 1. The van der Waals surface area contributed by atoms with Crippen LogP contribution in [0.25, 0.3) is 11.0 Å². The van der Waals surface area contributed by atoms with Crippen LogP contribution in [0, 0.1) is 12.8 Å². The Morgan fingerprint density at radius 2 is 1.94 bits per heavy atom. The van der Waals surface area contributed by atoms with Gasteiger partial charge < -0.3 is 14.6 Å². The number of imidazole rings is 1. The molecule has 170 valence electrons. The van der Waals surface area contributed by atoms with Crippen molar-refractivity contribution in [2.45, 2.75) is 53.1 Å². The van der Waals surface area contributed by atoms with Crippen LogP contribution in [0.15, 0.2) is 42.5 Å². The van der Waals surface area contributed by atoms with Crippen LogP contribution in [0.4, 0.5) is 5.69 Å². The van der Waals surface area contributed by atoms with Gasteiger partial charge in [-0.3, -0.25) is 9.69 Å². The molecule has 4 rings (SSSR count). The zero-order valence-electron chi connectivity index (χ0n) is 19.6. The maximum absolute atomic E-state index is 12.4. The highest BCUT2D eigenvalue weighted by molar-refractivity contribution is 5.94. The molecule has 3 aromatic rings. The first-order valence-electron chi connectivity index (χ1n) is 11.6. The van der Waals surface area contributed by atoms with Crippen LogP contribution in [-0.4, -0.2) is 40.1 Å². The van der Waals surface area contributed by atoms with Crippen molar-refractivity contribution in [2.24, 2.45) is 5.92 Å². The van der Waals surface area contributed by atoms with Gasteiger partial charge in [0, 0.05) is 11.7 Å². The Morgan fingerprint density at radius 1 is 1.19 bits per heavy atom. The number of aromatic nitrogens is 2. The number of piperidine rings is 1. The molecule has 1 aliphatic heterocycles. The third kappa shape index (κ3) is 5.13. The minimum absolute atomic E-state index is 0.0258. The first kappa shape index (κ1) is 22.3. The number of hydrogen-bond donors (Lipinski definition) is 1. The fourth-order valence-corrected chi connectivity index (χ4v) is 4.39. The van der Waals surface area contributed by atoms with E-state index in [1.165, 1.54) is 12.8 Å². The molecule has 1 aromatic heterocycles. The van der Waals surface area contributed by atoms with E-state index in [9.17, 15) is 4.79 Å². The van der Waals surface area contributed by atoms with Crippen LogP contribution in [0.1, 0.15) is 51.0 Å². The summed E-state index contributed by atoms with van der Waals surface area (Å²) in [6.45, 7) is 11.8. The second kappa shape index (κ2) is 9.74. The number of fused-ring (bicyclic) bond motifs is 1. The summed E-state index contributed by atoms with van der Waals surface area (Å²) in [6, 6.07) is 14.0. The number of nitrogens with one attached hydrogen (secondary N) is 1. The lowest BCUT2D eigenvalue weighted by molar-refractivity contribution is -0.118. The van der Waals surface area contributed by atoms with E-state index in [-0.39, 0.29) is 12.5 Å². The Balaban J connectivity index is 1.47. The molecule has 0 radical (unpaired) electrons. The zero-order valence-corrected chi connectivity index (χ0v) is 19.6. The first-order chi connectivity index (χ1) is 15.4. The van der Waals surface area contributed by atoms with E-state index in [1.54, 1.807) is 0 Å². The van der Waals surface area contributed by atoms with Crippen molar-refractivity contribution < 1.29 is 9.53 Å². The molecule has 2 aromatic carbocycles. The standard InChI is InChI=1S/C26H34N4O2/c1-18(2)30-23-10-9-21(27-26(31)17-32-24-8-6-5-7-20(24)4)15-22(23)28-25(30)16-29-13-11-19(3)12-14-29/h5-10,15,18-19H,11-14,16-17H2,1-4H3,(H,27,31). The average molecular weight is 435 g/mol. The molecule has 6 heteroatoms. The van der Waals surface area contributed by atoms with Gasteiger partial charge in [-0.1, -0.05) is 25.1 Å². The number of aryl methyl sites for hydroxylation is 1. The molecule has 1 aliphatic rings. The number of anilines is 1. The second-order valence-corrected chi connectivity index (χ2v) is 9.26. The van der Waals surface area contributed by atoms with Gasteiger partial charge in [0.2, 0.25) is 0 Å². The van der Waals surface area contributed by atoms with E-state index in [0.717, 1.165) is 59.4 Å². The Hall–Kier alpha value is -2.86. The molecule has 0 spiro atoms. The number of para-hydroxylation sites is 1. The molecule has 6 nitrogen and oxygen atoms in total. The van der Waals surface area contributed by atoms with Gasteiger partial charge in [0.1, 0.15) is 11.6 Å². The number of carbonyl (C=O) groups is 1. The van der Waals surface area contributed by atoms with Gasteiger partial charge in [0.25, 0.3) is 5.91 Å². The number of benzene rings is 2. The lowest BCUT2D eigenvalue weighted by atomic mass is 9.99. The molecule has 0 unspecified atom stereocenters. The highest BCUT2D eigenvalue weighted by atomic mass is 16.5. The lowest BCUT2D eigenvalue weighted by Gasteiger charge is -2.30. The van der Waals surface area contributed by atoms with Crippen LogP contribution >= 0.6 is 0 Å². The van der Waals surface area contributed by atoms with Gasteiger partial charge in [-0.25, -0.2) is 4.98 Å². The zero-order chi connectivity index (χ0) is 22.7. The van der Waals surface area contributed by atoms with Crippen LogP contribution in [0.5, 0.6) is 5.75 Å².